The van der Waals surface area contributed by atoms with Crippen LogP contribution in [0.5, 0.6) is 11.5 Å². The van der Waals surface area contributed by atoms with Crippen molar-refractivity contribution in [2.75, 3.05) is 19.0 Å². The molecule has 30 heavy (non-hydrogen) atoms. The Balaban J connectivity index is 1.76. The van der Waals surface area contributed by atoms with Crippen LogP contribution in [0.15, 0.2) is 36.4 Å². The number of benzene rings is 2. The molecular weight excluding hydrogens is 420 g/mol. The standard InChI is InChI=1S/C23H29ClN2O3S/c1-15-13-19(20(28-5)14-18(15)24)25-22(30)26-21(27)7-6-12-29-17-10-8-16(9-11-17)23(2,3)4/h8-11,13-14H,6-7,12H2,1-5H3,(H2,25,26,27,30). The Morgan fingerprint density at radius 3 is 2.43 bits per heavy atom. The smallest absolute Gasteiger partial charge is 0.226 e. The summed E-state index contributed by atoms with van der Waals surface area (Å²) in [5.41, 5.74) is 2.88. The average molecular weight is 449 g/mol. The average Bonchev–Trinajstić information content (AvgIpc) is 2.67. The van der Waals surface area contributed by atoms with Crippen LogP contribution < -0.4 is 20.1 Å². The number of carbonyl (C=O) groups excluding carboxylic acids is 1. The van der Waals surface area contributed by atoms with Crippen molar-refractivity contribution in [3.63, 3.8) is 0 Å². The first-order chi connectivity index (χ1) is 14.1. The molecule has 0 saturated heterocycles. The minimum Gasteiger partial charge on any atom is -0.495 e. The van der Waals surface area contributed by atoms with Gasteiger partial charge in [0.15, 0.2) is 5.11 Å². The van der Waals surface area contributed by atoms with Gasteiger partial charge in [0.2, 0.25) is 5.91 Å². The van der Waals surface area contributed by atoms with E-state index in [1.54, 1.807) is 13.2 Å². The lowest BCUT2D eigenvalue weighted by Crippen LogP contribution is -2.34. The van der Waals surface area contributed by atoms with Crippen molar-refractivity contribution in [2.45, 2.75) is 46.0 Å². The minimum atomic E-state index is -0.177. The second kappa shape index (κ2) is 10.6. The Labute approximate surface area is 189 Å². The molecule has 0 heterocycles. The Kier molecular flexibility index (Phi) is 8.50. The highest BCUT2D eigenvalue weighted by atomic mass is 35.5. The number of aryl methyl sites for hydroxylation is 1. The van der Waals surface area contributed by atoms with E-state index in [1.807, 2.05) is 25.1 Å². The van der Waals surface area contributed by atoms with Crippen LogP contribution in [-0.4, -0.2) is 24.7 Å². The zero-order chi connectivity index (χ0) is 22.3. The van der Waals surface area contributed by atoms with Gasteiger partial charge in [-0.2, -0.15) is 0 Å². The fourth-order valence-corrected chi connectivity index (χ4v) is 3.12. The molecule has 0 saturated carbocycles. The summed E-state index contributed by atoms with van der Waals surface area (Å²) < 4.78 is 11.0. The van der Waals surface area contributed by atoms with Crippen LogP contribution >= 0.6 is 23.8 Å². The summed E-state index contributed by atoms with van der Waals surface area (Å²) >= 11 is 11.3. The van der Waals surface area contributed by atoms with E-state index in [-0.39, 0.29) is 16.4 Å². The number of nitrogens with one attached hydrogen (secondary N) is 2. The van der Waals surface area contributed by atoms with E-state index in [4.69, 9.17) is 33.3 Å². The van der Waals surface area contributed by atoms with E-state index in [1.165, 1.54) is 5.56 Å². The van der Waals surface area contributed by atoms with Crippen molar-refractivity contribution in [3.05, 3.63) is 52.5 Å². The third kappa shape index (κ3) is 7.18. The molecule has 0 atom stereocenters. The second-order valence-corrected chi connectivity index (χ2v) is 8.85. The number of ether oxygens (including phenoxy) is 2. The van der Waals surface area contributed by atoms with E-state index in [0.717, 1.165) is 11.3 Å². The summed E-state index contributed by atoms with van der Waals surface area (Å²) in [5, 5.41) is 6.46. The number of hydrogen-bond donors (Lipinski definition) is 2. The first kappa shape index (κ1) is 24.0. The Morgan fingerprint density at radius 2 is 1.83 bits per heavy atom. The van der Waals surface area contributed by atoms with Gasteiger partial charge in [0.1, 0.15) is 11.5 Å². The van der Waals surface area contributed by atoms with Gasteiger partial charge < -0.3 is 20.1 Å². The molecular formula is C23H29ClN2O3S. The fraction of sp³-hybridized carbons (Fsp3) is 0.391. The van der Waals surface area contributed by atoms with Crippen molar-refractivity contribution < 1.29 is 14.3 Å². The van der Waals surface area contributed by atoms with Crippen molar-refractivity contribution in [1.82, 2.24) is 5.32 Å². The van der Waals surface area contributed by atoms with Gasteiger partial charge in [-0.15, -0.1) is 0 Å². The number of carbonyl (C=O) groups is 1. The second-order valence-electron chi connectivity index (χ2n) is 8.03. The van der Waals surface area contributed by atoms with E-state index >= 15 is 0 Å². The highest BCUT2D eigenvalue weighted by molar-refractivity contribution is 7.80. The van der Waals surface area contributed by atoms with Crippen molar-refractivity contribution in [3.8, 4) is 11.5 Å². The molecule has 7 heteroatoms. The monoisotopic (exact) mass is 448 g/mol. The van der Waals surface area contributed by atoms with Gasteiger partial charge in [0.25, 0.3) is 0 Å². The number of thiocarbonyl (C=S) groups is 1. The zero-order valence-corrected chi connectivity index (χ0v) is 19.7. The van der Waals surface area contributed by atoms with Crippen LogP contribution in [0.2, 0.25) is 5.02 Å². The van der Waals surface area contributed by atoms with Crippen molar-refractivity contribution in [1.29, 1.82) is 0 Å². The summed E-state index contributed by atoms with van der Waals surface area (Å²) in [6.07, 6.45) is 0.886. The minimum absolute atomic E-state index is 0.109. The lowest BCUT2D eigenvalue weighted by Gasteiger charge is -2.19. The van der Waals surface area contributed by atoms with Crippen LogP contribution in [0.25, 0.3) is 0 Å². The van der Waals surface area contributed by atoms with E-state index in [2.05, 4.69) is 43.5 Å². The van der Waals surface area contributed by atoms with Crippen LogP contribution in [0.4, 0.5) is 5.69 Å². The van der Waals surface area contributed by atoms with Gasteiger partial charge in [0, 0.05) is 17.5 Å². The summed E-state index contributed by atoms with van der Waals surface area (Å²) in [4.78, 5) is 12.1. The number of anilines is 1. The molecule has 0 spiro atoms. The topological polar surface area (TPSA) is 59.6 Å². The Bertz CT molecular complexity index is 893. The van der Waals surface area contributed by atoms with Gasteiger partial charge in [0.05, 0.1) is 19.4 Å². The van der Waals surface area contributed by atoms with Gasteiger partial charge in [-0.05, 0) is 60.3 Å². The van der Waals surface area contributed by atoms with Gasteiger partial charge in [-0.1, -0.05) is 44.5 Å². The molecule has 2 aromatic rings. The molecule has 1 amide bonds. The number of amides is 1. The van der Waals surface area contributed by atoms with Crippen LogP contribution in [-0.2, 0) is 10.2 Å². The summed E-state index contributed by atoms with van der Waals surface area (Å²) in [6.45, 7) is 8.85. The molecule has 0 fully saturated rings. The number of methoxy groups -OCH3 is 1. The third-order valence-corrected chi connectivity index (χ3v) is 5.13. The molecule has 0 aliphatic heterocycles. The van der Waals surface area contributed by atoms with Crippen LogP contribution in [0.3, 0.4) is 0 Å². The Morgan fingerprint density at radius 1 is 1.17 bits per heavy atom. The van der Waals surface area contributed by atoms with Crippen molar-refractivity contribution >= 4 is 40.5 Å². The van der Waals surface area contributed by atoms with Crippen LogP contribution in [0.1, 0.15) is 44.7 Å². The molecule has 0 unspecified atom stereocenters. The largest absolute Gasteiger partial charge is 0.495 e. The maximum Gasteiger partial charge on any atom is 0.226 e. The van der Waals surface area contributed by atoms with Gasteiger partial charge >= 0.3 is 0 Å². The number of hydrogen-bond acceptors (Lipinski definition) is 4. The highest BCUT2D eigenvalue weighted by Crippen LogP contribution is 2.30. The predicted octanol–water partition coefficient (Wildman–Crippen LogP) is 5.63. The maximum atomic E-state index is 12.1. The molecule has 0 aliphatic carbocycles. The van der Waals surface area contributed by atoms with Gasteiger partial charge in [-0.3, -0.25) is 4.79 Å². The van der Waals surface area contributed by atoms with E-state index in [9.17, 15) is 4.79 Å². The molecule has 2 rings (SSSR count). The first-order valence-electron chi connectivity index (χ1n) is 9.78. The van der Waals surface area contributed by atoms with Crippen molar-refractivity contribution in [2.24, 2.45) is 0 Å². The molecule has 0 bridgehead atoms. The van der Waals surface area contributed by atoms with Gasteiger partial charge in [-0.25, -0.2) is 0 Å². The normalized spacial score (nSPS) is 11.0. The lowest BCUT2D eigenvalue weighted by atomic mass is 9.87. The third-order valence-electron chi connectivity index (χ3n) is 4.52. The molecule has 162 valence electrons. The molecule has 2 aromatic carbocycles. The first-order valence-corrected chi connectivity index (χ1v) is 10.6. The molecule has 0 aliphatic rings. The number of rotatable bonds is 7. The molecule has 0 aromatic heterocycles. The predicted molar refractivity (Wildman–Crippen MR) is 127 cm³/mol. The maximum absolute atomic E-state index is 12.1. The molecule has 0 radical (unpaired) electrons. The zero-order valence-electron chi connectivity index (χ0n) is 18.1. The van der Waals surface area contributed by atoms with Crippen LogP contribution in [0, 0.1) is 6.92 Å². The molecule has 5 nitrogen and oxygen atoms in total. The molecule has 2 N–H and O–H groups in total. The quantitative estimate of drug-likeness (QED) is 0.424. The SMILES string of the molecule is COc1cc(Cl)c(C)cc1NC(=S)NC(=O)CCCOc1ccc(C(C)(C)C)cc1. The van der Waals surface area contributed by atoms with E-state index in [0.29, 0.717) is 35.9 Å². The number of halogens is 1. The fourth-order valence-electron chi connectivity index (χ4n) is 2.75. The lowest BCUT2D eigenvalue weighted by molar-refractivity contribution is -0.119. The Hall–Kier alpha value is -2.31. The summed E-state index contributed by atoms with van der Waals surface area (Å²) in [6, 6.07) is 11.6. The van der Waals surface area contributed by atoms with E-state index < -0.39 is 0 Å². The highest BCUT2D eigenvalue weighted by Gasteiger charge is 2.13. The summed E-state index contributed by atoms with van der Waals surface area (Å²) in [5.74, 6) is 1.17. The summed E-state index contributed by atoms with van der Waals surface area (Å²) in [7, 11) is 1.55.